The average Bonchev–Trinajstić information content (AvgIpc) is 2.82. The zero-order chi connectivity index (χ0) is 14.0. The summed E-state index contributed by atoms with van der Waals surface area (Å²) in [5, 5.41) is 10.2. The number of hydrogen-bond acceptors (Lipinski definition) is 5. The third-order valence-electron chi connectivity index (χ3n) is 2.08. The van der Waals surface area contributed by atoms with E-state index < -0.39 is 21.8 Å². The first-order valence-electron chi connectivity index (χ1n) is 4.85. The topological polar surface area (TPSA) is 96.4 Å². The number of anilines is 1. The number of aromatic carboxylic acids is 1. The van der Waals surface area contributed by atoms with Crippen LogP contribution in [0.5, 0.6) is 0 Å². The van der Waals surface area contributed by atoms with Gasteiger partial charge in [-0.15, -0.1) is 11.3 Å². The van der Waals surface area contributed by atoms with Crippen molar-refractivity contribution >= 4 is 33.1 Å². The van der Waals surface area contributed by atoms with Crippen LogP contribution in [0.3, 0.4) is 0 Å². The van der Waals surface area contributed by atoms with Crippen molar-refractivity contribution in [3.05, 3.63) is 40.5 Å². The molecular formula is C10H7FN2O4S2. The maximum atomic E-state index is 12.6. The molecule has 2 aromatic rings. The molecule has 0 radical (unpaired) electrons. The van der Waals surface area contributed by atoms with E-state index >= 15 is 0 Å². The van der Waals surface area contributed by atoms with Gasteiger partial charge in [-0.3, -0.25) is 4.72 Å². The standard InChI is InChI=1S/C10H7FN2O4S2/c11-6-1-2-8(12-5-6)13-19(16,17)7-3-4-18-9(7)10(14)15/h1-5H,(H,12,13)(H,14,15). The molecule has 9 heteroatoms. The third kappa shape index (κ3) is 2.88. The van der Waals surface area contributed by atoms with Crippen LogP contribution < -0.4 is 4.72 Å². The molecule has 0 unspecified atom stereocenters. The van der Waals surface area contributed by atoms with Crippen LogP contribution in [0.15, 0.2) is 34.7 Å². The van der Waals surface area contributed by atoms with E-state index in [-0.39, 0.29) is 15.6 Å². The first kappa shape index (κ1) is 13.4. The summed E-state index contributed by atoms with van der Waals surface area (Å²) in [6, 6.07) is 3.36. The first-order chi connectivity index (χ1) is 8.90. The van der Waals surface area contributed by atoms with E-state index in [0.29, 0.717) is 0 Å². The molecule has 0 bridgehead atoms. The van der Waals surface area contributed by atoms with E-state index in [4.69, 9.17) is 5.11 Å². The molecule has 6 nitrogen and oxygen atoms in total. The minimum absolute atomic E-state index is 0.0936. The van der Waals surface area contributed by atoms with Crippen molar-refractivity contribution in [3.8, 4) is 0 Å². The van der Waals surface area contributed by atoms with Crippen molar-refractivity contribution in [1.29, 1.82) is 0 Å². The van der Waals surface area contributed by atoms with E-state index in [1.54, 1.807) is 0 Å². The Hall–Kier alpha value is -2.00. The van der Waals surface area contributed by atoms with Gasteiger partial charge in [0.15, 0.2) is 0 Å². The van der Waals surface area contributed by atoms with E-state index in [1.807, 2.05) is 0 Å². The summed E-state index contributed by atoms with van der Waals surface area (Å²) in [4.78, 5) is 13.8. The number of carbonyl (C=O) groups is 1. The predicted molar refractivity (Wildman–Crippen MR) is 66.3 cm³/mol. The fraction of sp³-hybridized carbons (Fsp3) is 0. The second-order valence-corrected chi connectivity index (χ2v) is 5.95. The number of sulfonamides is 1. The van der Waals surface area contributed by atoms with Gasteiger partial charge in [0, 0.05) is 0 Å². The van der Waals surface area contributed by atoms with Crippen molar-refractivity contribution in [2.75, 3.05) is 4.72 Å². The summed E-state index contributed by atoms with van der Waals surface area (Å²) in [7, 11) is -4.06. The summed E-state index contributed by atoms with van der Waals surface area (Å²) in [5.74, 6) is -2.03. The van der Waals surface area contributed by atoms with Gasteiger partial charge >= 0.3 is 5.97 Å². The molecule has 0 spiro atoms. The Labute approximate surface area is 111 Å². The largest absolute Gasteiger partial charge is 0.477 e. The lowest BCUT2D eigenvalue weighted by molar-refractivity contribution is 0.0698. The van der Waals surface area contributed by atoms with Crippen molar-refractivity contribution in [1.82, 2.24) is 4.98 Å². The molecule has 0 aliphatic rings. The Morgan fingerprint density at radius 1 is 1.37 bits per heavy atom. The van der Waals surface area contributed by atoms with Gasteiger partial charge < -0.3 is 5.11 Å². The highest BCUT2D eigenvalue weighted by atomic mass is 32.2. The lowest BCUT2D eigenvalue weighted by Crippen LogP contribution is -2.15. The van der Waals surface area contributed by atoms with E-state index in [0.717, 1.165) is 29.7 Å². The summed E-state index contributed by atoms with van der Waals surface area (Å²) < 4.78 is 38.7. The van der Waals surface area contributed by atoms with Crippen molar-refractivity contribution in [2.45, 2.75) is 4.90 Å². The van der Waals surface area contributed by atoms with Gasteiger partial charge in [0.25, 0.3) is 10.0 Å². The van der Waals surface area contributed by atoms with Crippen LogP contribution in [0.1, 0.15) is 9.67 Å². The van der Waals surface area contributed by atoms with Gasteiger partial charge in [-0.05, 0) is 23.6 Å². The van der Waals surface area contributed by atoms with Crippen LogP contribution in [0.2, 0.25) is 0 Å². The first-order valence-corrected chi connectivity index (χ1v) is 7.21. The van der Waals surface area contributed by atoms with Crippen LogP contribution in [0.4, 0.5) is 10.2 Å². The normalized spacial score (nSPS) is 11.2. The van der Waals surface area contributed by atoms with E-state index in [2.05, 4.69) is 9.71 Å². The van der Waals surface area contributed by atoms with Crippen molar-refractivity contribution in [2.24, 2.45) is 0 Å². The molecule has 0 fully saturated rings. The lowest BCUT2D eigenvalue weighted by atomic mass is 10.5. The highest BCUT2D eigenvalue weighted by Crippen LogP contribution is 2.23. The molecule has 2 aromatic heterocycles. The quantitative estimate of drug-likeness (QED) is 0.897. The Morgan fingerprint density at radius 3 is 2.68 bits per heavy atom. The van der Waals surface area contributed by atoms with E-state index in [1.165, 1.54) is 11.4 Å². The molecule has 0 atom stereocenters. The predicted octanol–water partition coefficient (Wildman–Crippen LogP) is 1.78. The molecule has 0 saturated heterocycles. The Morgan fingerprint density at radius 2 is 2.11 bits per heavy atom. The smallest absolute Gasteiger partial charge is 0.347 e. The molecule has 2 N–H and O–H groups in total. The number of aromatic nitrogens is 1. The molecular weight excluding hydrogens is 295 g/mol. The summed E-state index contributed by atoms with van der Waals surface area (Å²) in [6.45, 7) is 0. The van der Waals surface area contributed by atoms with Crippen molar-refractivity contribution < 1.29 is 22.7 Å². The second-order valence-electron chi connectivity index (χ2n) is 3.39. The number of hydrogen-bond donors (Lipinski definition) is 2. The lowest BCUT2D eigenvalue weighted by Gasteiger charge is -2.06. The van der Waals surface area contributed by atoms with Gasteiger partial charge in [0.05, 0.1) is 6.20 Å². The summed E-state index contributed by atoms with van der Waals surface area (Å²) in [6.07, 6.45) is 0.851. The number of nitrogens with one attached hydrogen (secondary N) is 1. The molecule has 0 aliphatic carbocycles. The SMILES string of the molecule is O=C(O)c1sccc1S(=O)(=O)Nc1ccc(F)cn1. The third-order valence-corrected chi connectivity index (χ3v) is 4.51. The number of halogens is 1. The molecule has 0 saturated carbocycles. The van der Waals surface area contributed by atoms with Crippen LogP contribution in [0.25, 0.3) is 0 Å². The fourth-order valence-corrected chi connectivity index (χ4v) is 3.56. The fourth-order valence-electron chi connectivity index (χ4n) is 1.29. The zero-order valence-corrected chi connectivity index (χ0v) is 10.8. The summed E-state index contributed by atoms with van der Waals surface area (Å²) >= 11 is 0.798. The minimum Gasteiger partial charge on any atom is -0.477 e. The minimum atomic E-state index is -4.06. The molecule has 100 valence electrons. The van der Waals surface area contributed by atoms with Crippen LogP contribution in [0, 0.1) is 5.82 Å². The van der Waals surface area contributed by atoms with Crippen LogP contribution >= 0.6 is 11.3 Å². The van der Waals surface area contributed by atoms with Crippen molar-refractivity contribution in [3.63, 3.8) is 0 Å². The number of carboxylic acids is 1. The number of thiophene rings is 1. The number of nitrogens with zero attached hydrogens (tertiary/aromatic N) is 1. The van der Waals surface area contributed by atoms with E-state index in [9.17, 15) is 17.6 Å². The van der Waals surface area contributed by atoms with Gasteiger partial charge in [-0.25, -0.2) is 22.6 Å². The number of rotatable bonds is 4. The summed E-state index contributed by atoms with van der Waals surface area (Å²) in [5.41, 5.74) is 0. The Balaban J connectivity index is 2.35. The molecule has 0 aliphatic heterocycles. The molecule has 0 amide bonds. The average molecular weight is 302 g/mol. The van der Waals surface area contributed by atoms with Gasteiger partial charge in [-0.2, -0.15) is 0 Å². The van der Waals surface area contributed by atoms with Crippen LogP contribution in [-0.4, -0.2) is 24.5 Å². The molecule has 0 aromatic carbocycles. The monoisotopic (exact) mass is 302 g/mol. The zero-order valence-electron chi connectivity index (χ0n) is 9.20. The van der Waals surface area contributed by atoms with Gasteiger partial charge in [0.1, 0.15) is 21.4 Å². The highest BCUT2D eigenvalue weighted by Gasteiger charge is 2.24. The number of pyridine rings is 1. The Bertz CT molecular complexity index is 709. The maximum Gasteiger partial charge on any atom is 0.347 e. The van der Waals surface area contributed by atoms with Gasteiger partial charge in [0.2, 0.25) is 0 Å². The highest BCUT2D eigenvalue weighted by molar-refractivity contribution is 7.93. The maximum absolute atomic E-state index is 12.6. The molecule has 2 heterocycles. The second kappa shape index (κ2) is 4.94. The van der Waals surface area contributed by atoms with Gasteiger partial charge in [-0.1, -0.05) is 0 Å². The number of carboxylic acid groups (broad SMARTS) is 1. The molecule has 19 heavy (non-hydrogen) atoms. The Kier molecular flexibility index (Phi) is 3.49. The molecule has 2 rings (SSSR count). The van der Waals surface area contributed by atoms with Crippen LogP contribution in [-0.2, 0) is 10.0 Å².